The van der Waals surface area contributed by atoms with Gasteiger partial charge in [0.05, 0.1) is 0 Å². The van der Waals surface area contributed by atoms with Gasteiger partial charge in [-0.25, -0.2) is 0 Å². The van der Waals surface area contributed by atoms with Crippen molar-refractivity contribution < 1.29 is 10.0 Å². The van der Waals surface area contributed by atoms with Crippen molar-refractivity contribution in [2.75, 3.05) is 0 Å². The fourth-order valence-electron chi connectivity index (χ4n) is 0. The SMILES string of the molecule is OB(O)C(Br)Br. The Kier molecular flexibility index (Phi) is 3.49. The summed E-state index contributed by atoms with van der Waals surface area (Å²) in [6.45, 7) is 0. The van der Waals surface area contributed by atoms with Crippen molar-refractivity contribution in [3.8, 4) is 0 Å². The molecule has 5 heteroatoms. The zero-order valence-electron chi connectivity index (χ0n) is 2.81. The van der Waals surface area contributed by atoms with E-state index in [9.17, 15) is 0 Å². The van der Waals surface area contributed by atoms with E-state index in [2.05, 4.69) is 31.9 Å². The lowest BCUT2D eigenvalue weighted by Crippen LogP contribution is -2.19. The molecule has 0 radical (unpaired) electrons. The van der Waals surface area contributed by atoms with Crippen molar-refractivity contribution in [2.24, 2.45) is 0 Å². The molecule has 0 amide bonds. The minimum absolute atomic E-state index is 0.412. The Morgan fingerprint density at radius 3 is 1.50 bits per heavy atom. The summed E-state index contributed by atoms with van der Waals surface area (Å²) in [7, 11) is -1.31. The van der Waals surface area contributed by atoms with Gasteiger partial charge in [0.15, 0.2) is 0 Å². The maximum absolute atomic E-state index is 8.09. The molecule has 0 unspecified atom stereocenters. The molecule has 0 aromatic heterocycles. The van der Waals surface area contributed by atoms with E-state index in [1.807, 2.05) is 0 Å². The largest absolute Gasteiger partial charge is 0.477 e. The van der Waals surface area contributed by atoms with Crippen LogP contribution in [0.3, 0.4) is 0 Å². The molecular weight excluding hydrogens is 215 g/mol. The minimum atomic E-state index is -1.31. The molecule has 0 saturated heterocycles. The van der Waals surface area contributed by atoms with Gasteiger partial charge in [0, 0.05) is 0 Å². The molecule has 2 N–H and O–H groups in total. The zero-order chi connectivity index (χ0) is 5.15. The smallest absolute Gasteiger partial charge is 0.426 e. The number of hydrogen-bond donors (Lipinski definition) is 2. The van der Waals surface area contributed by atoms with Crippen molar-refractivity contribution >= 4 is 39.0 Å². The Morgan fingerprint density at radius 1 is 1.33 bits per heavy atom. The Hall–Kier alpha value is 0.945. The summed E-state index contributed by atoms with van der Waals surface area (Å²) in [5, 5.41) is 16.2. The van der Waals surface area contributed by atoms with Crippen molar-refractivity contribution in [3.63, 3.8) is 0 Å². The van der Waals surface area contributed by atoms with Crippen LogP contribution in [0.15, 0.2) is 0 Å². The summed E-state index contributed by atoms with van der Waals surface area (Å²) >= 11 is 5.71. The number of hydrogen-bond acceptors (Lipinski definition) is 2. The van der Waals surface area contributed by atoms with E-state index in [1.54, 1.807) is 0 Å². The normalized spacial score (nSPS) is 9.50. The number of alkyl halides is 2. The highest BCUT2D eigenvalue weighted by atomic mass is 79.9. The third-order valence-corrected chi connectivity index (χ3v) is 1.17. The van der Waals surface area contributed by atoms with Crippen LogP contribution in [-0.2, 0) is 0 Å². The Morgan fingerprint density at radius 2 is 1.50 bits per heavy atom. The van der Waals surface area contributed by atoms with Gasteiger partial charge in [-0.15, -0.1) is 0 Å². The van der Waals surface area contributed by atoms with E-state index in [-0.39, 0.29) is 0 Å². The van der Waals surface area contributed by atoms with Gasteiger partial charge in [-0.3, -0.25) is 0 Å². The molecule has 0 aromatic rings. The van der Waals surface area contributed by atoms with Crippen molar-refractivity contribution in [1.29, 1.82) is 0 Å². The molecule has 0 heterocycles. The first-order valence-electron chi connectivity index (χ1n) is 1.29. The first kappa shape index (κ1) is 6.94. The van der Waals surface area contributed by atoms with Gasteiger partial charge >= 0.3 is 7.12 Å². The number of rotatable bonds is 1. The van der Waals surface area contributed by atoms with Gasteiger partial charge in [0.25, 0.3) is 0 Å². The third-order valence-electron chi connectivity index (χ3n) is 0.225. The summed E-state index contributed by atoms with van der Waals surface area (Å²) in [4.78, 5) is 0. The summed E-state index contributed by atoms with van der Waals surface area (Å²) in [6, 6.07) is 0. The second-order valence-electron chi connectivity index (χ2n) is 0.748. The van der Waals surface area contributed by atoms with E-state index in [4.69, 9.17) is 10.0 Å². The maximum atomic E-state index is 8.09. The predicted octanol–water partition coefficient (Wildman–Crippen LogP) is 0.114. The monoisotopic (exact) mass is 216 g/mol. The molecule has 2 nitrogen and oxygen atoms in total. The maximum Gasteiger partial charge on any atom is 0.477 e. The average molecular weight is 218 g/mol. The van der Waals surface area contributed by atoms with Crippen LogP contribution in [0.1, 0.15) is 0 Å². The van der Waals surface area contributed by atoms with Crippen LogP contribution in [0.25, 0.3) is 0 Å². The molecule has 0 rings (SSSR count). The van der Waals surface area contributed by atoms with Gasteiger partial charge in [0.1, 0.15) is 3.64 Å². The van der Waals surface area contributed by atoms with Crippen molar-refractivity contribution in [2.45, 2.75) is 3.64 Å². The van der Waals surface area contributed by atoms with Gasteiger partial charge < -0.3 is 10.0 Å². The van der Waals surface area contributed by atoms with Gasteiger partial charge in [-0.2, -0.15) is 0 Å². The Bertz CT molecular complexity index is 32.5. The van der Waals surface area contributed by atoms with E-state index >= 15 is 0 Å². The summed E-state index contributed by atoms with van der Waals surface area (Å²) in [5.74, 6) is 0. The average Bonchev–Trinajstić information content (AvgIpc) is 1.36. The molecule has 0 aliphatic carbocycles. The summed E-state index contributed by atoms with van der Waals surface area (Å²) in [6.07, 6.45) is 0. The Balaban J connectivity index is 2.99. The van der Waals surface area contributed by atoms with Crippen molar-refractivity contribution in [1.82, 2.24) is 0 Å². The fourth-order valence-corrected chi connectivity index (χ4v) is 0. The lowest BCUT2D eigenvalue weighted by Gasteiger charge is -1.92. The van der Waals surface area contributed by atoms with Crippen LogP contribution in [0.5, 0.6) is 0 Å². The first-order valence-corrected chi connectivity index (χ1v) is 3.12. The predicted molar refractivity (Wildman–Crippen MR) is 31.8 cm³/mol. The van der Waals surface area contributed by atoms with Gasteiger partial charge in [-0.1, -0.05) is 31.9 Å². The molecule has 0 fully saturated rings. The second-order valence-corrected chi connectivity index (χ2v) is 3.95. The van der Waals surface area contributed by atoms with Crippen LogP contribution in [0, 0.1) is 0 Å². The lowest BCUT2D eigenvalue weighted by atomic mass is 9.98. The lowest BCUT2D eigenvalue weighted by molar-refractivity contribution is 0.414. The molecule has 0 aromatic carbocycles. The molecule has 36 valence electrons. The molecule has 0 saturated carbocycles. The topological polar surface area (TPSA) is 40.5 Å². The highest BCUT2D eigenvalue weighted by Gasteiger charge is 2.14. The summed E-state index contributed by atoms with van der Waals surface area (Å²) < 4.78 is -0.412. The van der Waals surface area contributed by atoms with E-state index in [1.165, 1.54) is 0 Å². The Labute approximate surface area is 53.0 Å². The standard InChI is InChI=1S/CH3BBr2O2/c3-1(4)2(5)6/h1,5-6H. The molecule has 0 spiro atoms. The van der Waals surface area contributed by atoms with Gasteiger partial charge in [0.2, 0.25) is 0 Å². The quantitative estimate of drug-likeness (QED) is 0.484. The molecule has 0 aliphatic heterocycles. The third kappa shape index (κ3) is 3.15. The van der Waals surface area contributed by atoms with Crippen LogP contribution in [0.4, 0.5) is 0 Å². The van der Waals surface area contributed by atoms with Crippen molar-refractivity contribution in [3.05, 3.63) is 0 Å². The van der Waals surface area contributed by atoms with Gasteiger partial charge in [-0.05, 0) is 0 Å². The molecule has 6 heavy (non-hydrogen) atoms. The van der Waals surface area contributed by atoms with Crippen LogP contribution in [-0.4, -0.2) is 20.8 Å². The highest BCUT2D eigenvalue weighted by Crippen LogP contribution is 2.07. The number of halogens is 2. The van der Waals surface area contributed by atoms with Crippen LogP contribution in [0.2, 0.25) is 0 Å². The summed E-state index contributed by atoms with van der Waals surface area (Å²) in [5.41, 5.74) is 0. The van der Waals surface area contributed by atoms with E-state index in [0.717, 1.165) is 0 Å². The fraction of sp³-hybridized carbons (Fsp3) is 1.00. The van der Waals surface area contributed by atoms with E-state index in [0.29, 0.717) is 0 Å². The highest BCUT2D eigenvalue weighted by molar-refractivity contribution is 9.25. The molecule has 0 atom stereocenters. The second kappa shape index (κ2) is 3.01. The van der Waals surface area contributed by atoms with Crippen LogP contribution < -0.4 is 0 Å². The molecule has 0 aliphatic rings. The minimum Gasteiger partial charge on any atom is -0.426 e. The van der Waals surface area contributed by atoms with E-state index < -0.39 is 10.8 Å². The first-order chi connectivity index (χ1) is 2.64. The molecular formula is CH3BBr2O2. The molecule has 0 bridgehead atoms. The van der Waals surface area contributed by atoms with Crippen LogP contribution >= 0.6 is 31.9 Å². The zero-order valence-corrected chi connectivity index (χ0v) is 5.98.